The summed E-state index contributed by atoms with van der Waals surface area (Å²) in [6, 6.07) is 0.265. The molecule has 1 atom stereocenters. The maximum Gasteiger partial charge on any atom is 0.191 e. The summed E-state index contributed by atoms with van der Waals surface area (Å²) < 4.78 is 1.85. The van der Waals surface area contributed by atoms with E-state index in [0.29, 0.717) is 5.92 Å². The van der Waals surface area contributed by atoms with E-state index in [1.54, 1.807) is 0 Å². The van der Waals surface area contributed by atoms with Crippen LogP contribution in [-0.2, 0) is 7.05 Å². The summed E-state index contributed by atoms with van der Waals surface area (Å²) in [7, 11) is 6.13. The van der Waals surface area contributed by atoms with E-state index in [9.17, 15) is 0 Å². The van der Waals surface area contributed by atoms with E-state index in [1.807, 2.05) is 17.9 Å². The molecule has 0 bridgehead atoms. The molecule has 0 aliphatic rings. The van der Waals surface area contributed by atoms with Crippen molar-refractivity contribution in [2.24, 2.45) is 18.0 Å². The van der Waals surface area contributed by atoms with E-state index < -0.39 is 0 Å². The highest BCUT2D eigenvalue weighted by atomic mass is 15.3. The molecule has 2 N–H and O–H groups in total. The zero-order valence-corrected chi connectivity index (χ0v) is 15.6. The molecule has 1 aromatic rings. The molecule has 0 aliphatic carbocycles. The standard InChI is InChI=1S/C17H34N6/c1-7-14(8-2)10-19-17(18-9-3)20-12-16(22(4)5)15-11-21-23(6)13-15/h11,13-14,16H,7-10,12H2,1-6H3,(H2,18,19,20). The number of hydrogen-bond donors (Lipinski definition) is 2. The summed E-state index contributed by atoms with van der Waals surface area (Å²) in [6.07, 6.45) is 6.35. The molecule has 0 saturated carbocycles. The predicted octanol–water partition coefficient (Wildman–Crippen LogP) is 2.01. The van der Waals surface area contributed by atoms with E-state index in [4.69, 9.17) is 4.99 Å². The SMILES string of the molecule is CCNC(=NCC(CC)CC)NCC(c1cnn(C)c1)N(C)C. The molecule has 0 aliphatic heterocycles. The van der Waals surface area contributed by atoms with Crippen molar-refractivity contribution in [1.29, 1.82) is 0 Å². The fraction of sp³-hybridized carbons (Fsp3) is 0.765. The van der Waals surface area contributed by atoms with Gasteiger partial charge in [-0.2, -0.15) is 5.10 Å². The van der Waals surface area contributed by atoms with Gasteiger partial charge in [0.15, 0.2) is 5.96 Å². The summed E-state index contributed by atoms with van der Waals surface area (Å²) in [5.74, 6) is 1.56. The van der Waals surface area contributed by atoms with Crippen LogP contribution >= 0.6 is 0 Å². The summed E-state index contributed by atoms with van der Waals surface area (Å²) in [5, 5.41) is 11.1. The zero-order chi connectivity index (χ0) is 17.2. The second kappa shape index (κ2) is 10.3. The number of aliphatic imine (C=N–C) groups is 1. The van der Waals surface area contributed by atoms with Gasteiger partial charge in [-0.25, -0.2) is 0 Å². The van der Waals surface area contributed by atoms with E-state index in [2.05, 4.69) is 61.7 Å². The molecule has 1 rings (SSSR count). The van der Waals surface area contributed by atoms with Gasteiger partial charge in [0.25, 0.3) is 0 Å². The molecule has 23 heavy (non-hydrogen) atoms. The molecule has 1 heterocycles. The minimum atomic E-state index is 0.265. The fourth-order valence-corrected chi connectivity index (χ4v) is 2.51. The average Bonchev–Trinajstić information content (AvgIpc) is 2.94. The molecule has 1 unspecified atom stereocenters. The van der Waals surface area contributed by atoms with Gasteiger partial charge in [-0.05, 0) is 26.9 Å². The molecule has 0 aromatic carbocycles. The van der Waals surface area contributed by atoms with Gasteiger partial charge < -0.3 is 15.5 Å². The second-order valence-electron chi connectivity index (χ2n) is 6.21. The van der Waals surface area contributed by atoms with Crippen LogP contribution in [0.25, 0.3) is 0 Å². The van der Waals surface area contributed by atoms with Crippen molar-refractivity contribution in [3.05, 3.63) is 18.0 Å². The molecular formula is C17H34N6. The molecule has 6 heteroatoms. The Hall–Kier alpha value is -1.56. The first-order valence-corrected chi connectivity index (χ1v) is 8.68. The van der Waals surface area contributed by atoms with Crippen LogP contribution in [0.2, 0.25) is 0 Å². The van der Waals surface area contributed by atoms with E-state index >= 15 is 0 Å². The van der Waals surface area contributed by atoms with Gasteiger partial charge in [0.1, 0.15) is 0 Å². The lowest BCUT2D eigenvalue weighted by Gasteiger charge is -2.24. The molecule has 0 saturated heterocycles. The third kappa shape index (κ3) is 6.60. The molecule has 1 aromatic heterocycles. The monoisotopic (exact) mass is 322 g/mol. The van der Waals surface area contributed by atoms with Crippen LogP contribution in [0.3, 0.4) is 0 Å². The predicted molar refractivity (Wildman–Crippen MR) is 97.7 cm³/mol. The van der Waals surface area contributed by atoms with Crippen molar-refractivity contribution in [3.8, 4) is 0 Å². The molecule has 0 radical (unpaired) electrons. The maximum absolute atomic E-state index is 4.74. The average molecular weight is 323 g/mol. The number of nitrogens with one attached hydrogen (secondary N) is 2. The Labute approximate surface area is 141 Å². The van der Waals surface area contributed by atoms with Crippen LogP contribution in [-0.4, -0.2) is 54.4 Å². The summed E-state index contributed by atoms with van der Waals surface area (Å²) in [4.78, 5) is 6.94. The first-order valence-electron chi connectivity index (χ1n) is 8.68. The Kier molecular flexibility index (Phi) is 8.69. The first kappa shape index (κ1) is 19.5. The number of hydrogen-bond acceptors (Lipinski definition) is 3. The van der Waals surface area contributed by atoms with Crippen molar-refractivity contribution >= 4 is 5.96 Å². The molecule has 0 amide bonds. The van der Waals surface area contributed by atoms with Crippen LogP contribution < -0.4 is 10.6 Å². The van der Waals surface area contributed by atoms with Crippen LogP contribution in [0, 0.1) is 5.92 Å². The minimum Gasteiger partial charge on any atom is -0.357 e. The highest BCUT2D eigenvalue weighted by Gasteiger charge is 2.16. The lowest BCUT2D eigenvalue weighted by molar-refractivity contribution is 0.298. The number of aryl methyl sites for hydroxylation is 1. The summed E-state index contributed by atoms with van der Waals surface area (Å²) in [6.45, 7) is 9.10. The smallest absolute Gasteiger partial charge is 0.191 e. The van der Waals surface area contributed by atoms with Gasteiger partial charge in [0.05, 0.1) is 12.2 Å². The third-order valence-corrected chi connectivity index (χ3v) is 4.20. The highest BCUT2D eigenvalue weighted by Crippen LogP contribution is 2.16. The maximum atomic E-state index is 4.74. The molecule has 132 valence electrons. The molecule has 6 nitrogen and oxygen atoms in total. The number of likely N-dealkylation sites (N-methyl/N-ethyl adjacent to an activating group) is 1. The van der Waals surface area contributed by atoms with E-state index in [-0.39, 0.29) is 6.04 Å². The van der Waals surface area contributed by atoms with Crippen LogP contribution in [0.5, 0.6) is 0 Å². The van der Waals surface area contributed by atoms with E-state index in [0.717, 1.165) is 25.6 Å². The minimum absolute atomic E-state index is 0.265. The number of guanidine groups is 1. The van der Waals surface area contributed by atoms with Crippen molar-refractivity contribution in [2.45, 2.75) is 39.7 Å². The summed E-state index contributed by atoms with van der Waals surface area (Å²) >= 11 is 0. The van der Waals surface area contributed by atoms with Gasteiger partial charge in [0, 0.05) is 38.4 Å². The highest BCUT2D eigenvalue weighted by molar-refractivity contribution is 5.79. The van der Waals surface area contributed by atoms with Crippen molar-refractivity contribution < 1.29 is 0 Å². The second-order valence-corrected chi connectivity index (χ2v) is 6.21. The number of nitrogens with zero attached hydrogens (tertiary/aromatic N) is 4. The number of aromatic nitrogens is 2. The third-order valence-electron chi connectivity index (χ3n) is 4.20. The van der Waals surface area contributed by atoms with Gasteiger partial charge in [-0.3, -0.25) is 9.67 Å². The Morgan fingerprint density at radius 1 is 1.26 bits per heavy atom. The van der Waals surface area contributed by atoms with Gasteiger partial charge in [0.2, 0.25) is 0 Å². The van der Waals surface area contributed by atoms with Crippen LogP contribution in [0.1, 0.15) is 45.2 Å². The van der Waals surface area contributed by atoms with Crippen molar-refractivity contribution in [1.82, 2.24) is 25.3 Å². The van der Waals surface area contributed by atoms with Crippen LogP contribution in [0.4, 0.5) is 0 Å². The Morgan fingerprint density at radius 3 is 2.43 bits per heavy atom. The van der Waals surface area contributed by atoms with Gasteiger partial charge in [-0.1, -0.05) is 26.7 Å². The van der Waals surface area contributed by atoms with Gasteiger partial charge in [-0.15, -0.1) is 0 Å². The van der Waals surface area contributed by atoms with Crippen molar-refractivity contribution in [3.63, 3.8) is 0 Å². The lowest BCUT2D eigenvalue weighted by atomic mass is 10.0. The zero-order valence-electron chi connectivity index (χ0n) is 15.6. The number of rotatable bonds is 9. The lowest BCUT2D eigenvalue weighted by Crippen LogP contribution is -2.42. The van der Waals surface area contributed by atoms with Gasteiger partial charge >= 0.3 is 0 Å². The first-order chi connectivity index (χ1) is 11.0. The van der Waals surface area contributed by atoms with Crippen molar-refractivity contribution in [2.75, 3.05) is 33.7 Å². The Balaban J connectivity index is 2.69. The topological polar surface area (TPSA) is 57.5 Å². The quantitative estimate of drug-likeness (QED) is 0.539. The Morgan fingerprint density at radius 2 is 1.96 bits per heavy atom. The fourth-order valence-electron chi connectivity index (χ4n) is 2.51. The Bertz CT molecular complexity index is 461. The van der Waals surface area contributed by atoms with Crippen LogP contribution in [0.15, 0.2) is 17.4 Å². The summed E-state index contributed by atoms with van der Waals surface area (Å²) in [5.41, 5.74) is 1.21. The molecule has 0 spiro atoms. The molecule has 0 fully saturated rings. The molecular weight excluding hydrogens is 288 g/mol. The largest absolute Gasteiger partial charge is 0.357 e. The normalized spacial score (nSPS) is 13.7. The van der Waals surface area contributed by atoms with E-state index in [1.165, 1.54) is 18.4 Å².